The van der Waals surface area contributed by atoms with Gasteiger partial charge in [-0.1, -0.05) is 49.9 Å². The van der Waals surface area contributed by atoms with E-state index < -0.39 is 0 Å². The van der Waals surface area contributed by atoms with E-state index in [4.69, 9.17) is 9.47 Å². The predicted molar refractivity (Wildman–Crippen MR) is 95.2 cm³/mol. The van der Waals surface area contributed by atoms with E-state index in [1.807, 2.05) is 36.4 Å². The van der Waals surface area contributed by atoms with E-state index >= 15 is 0 Å². The lowest BCUT2D eigenvalue weighted by molar-refractivity contribution is 0.337. The van der Waals surface area contributed by atoms with Crippen LogP contribution >= 0.6 is 22.6 Å². The largest absolute Gasteiger partial charge is 0.493 e. The number of hydrogen-bond donors (Lipinski definition) is 0. The Morgan fingerprint density at radius 3 is 2.67 bits per heavy atom. The summed E-state index contributed by atoms with van der Waals surface area (Å²) in [5.74, 6) is 2.57. The van der Waals surface area contributed by atoms with Crippen molar-refractivity contribution in [3.63, 3.8) is 0 Å². The molecule has 0 N–H and O–H groups in total. The maximum absolute atomic E-state index is 5.41. The highest BCUT2D eigenvalue weighted by Crippen LogP contribution is 2.32. The van der Waals surface area contributed by atoms with Gasteiger partial charge in [0.2, 0.25) is 0 Å². The SMILES string of the molecule is C=CCOc1ccccc1I.CC1COc2ccccc21. The summed E-state index contributed by atoms with van der Waals surface area (Å²) in [7, 11) is 0. The van der Waals surface area contributed by atoms with E-state index in [9.17, 15) is 0 Å². The fraction of sp³-hybridized carbons (Fsp3) is 0.222. The van der Waals surface area contributed by atoms with Gasteiger partial charge in [-0.25, -0.2) is 0 Å². The van der Waals surface area contributed by atoms with Crippen LogP contribution in [0.15, 0.2) is 61.2 Å². The summed E-state index contributed by atoms with van der Waals surface area (Å²) in [5, 5.41) is 0. The summed E-state index contributed by atoms with van der Waals surface area (Å²) in [6.07, 6.45) is 1.74. The first-order valence-corrected chi connectivity index (χ1v) is 8.00. The van der Waals surface area contributed by atoms with E-state index in [1.165, 1.54) is 5.56 Å². The van der Waals surface area contributed by atoms with Crippen LogP contribution in [0.5, 0.6) is 11.5 Å². The Labute approximate surface area is 139 Å². The molecule has 3 rings (SSSR count). The van der Waals surface area contributed by atoms with Crippen LogP contribution in [0.4, 0.5) is 0 Å². The van der Waals surface area contributed by atoms with Gasteiger partial charge in [0, 0.05) is 11.5 Å². The molecule has 1 aliphatic rings. The normalized spacial score (nSPS) is 15.2. The molecular formula is C18H19IO2. The molecule has 0 spiro atoms. The van der Waals surface area contributed by atoms with E-state index in [2.05, 4.69) is 48.2 Å². The van der Waals surface area contributed by atoms with Crippen molar-refractivity contribution in [2.45, 2.75) is 12.8 Å². The Kier molecular flexibility index (Phi) is 6.11. The smallest absolute Gasteiger partial charge is 0.133 e. The van der Waals surface area contributed by atoms with Crippen LogP contribution in [0.25, 0.3) is 0 Å². The summed E-state index contributed by atoms with van der Waals surface area (Å²) in [6.45, 7) is 7.18. The molecule has 1 heterocycles. The van der Waals surface area contributed by atoms with E-state index in [1.54, 1.807) is 6.08 Å². The molecule has 0 aliphatic carbocycles. The van der Waals surface area contributed by atoms with Gasteiger partial charge in [0.1, 0.15) is 18.1 Å². The third-order valence-corrected chi connectivity index (χ3v) is 4.02. The van der Waals surface area contributed by atoms with Gasteiger partial charge in [0.15, 0.2) is 0 Å². The summed E-state index contributed by atoms with van der Waals surface area (Å²) in [5.41, 5.74) is 1.35. The van der Waals surface area contributed by atoms with Gasteiger partial charge in [0.05, 0.1) is 10.2 Å². The van der Waals surface area contributed by atoms with Gasteiger partial charge in [-0.3, -0.25) is 0 Å². The third kappa shape index (κ3) is 4.49. The van der Waals surface area contributed by atoms with Gasteiger partial charge >= 0.3 is 0 Å². The van der Waals surface area contributed by atoms with Gasteiger partial charge in [0.25, 0.3) is 0 Å². The van der Waals surface area contributed by atoms with Gasteiger partial charge < -0.3 is 9.47 Å². The Morgan fingerprint density at radius 2 is 1.95 bits per heavy atom. The number of halogens is 1. The molecule has 110 valence electrons. The lowest BCUT2D eigenvalue weighted by atomic mass is 10.0. The van der Waals surface area contributed by atoms with Crippen LogP contribution in [0.3, 0.4) is 0 Å². The maximum atomic E-state index is 5.41. The molecular weight excluding hydrogens is 375 g/mol. The quantitative estimate of drug-likeness (QED) is 0.537. The molecule has 0 saturated heterocycles. The molecule has 1 atom stereocenters. The topological polar surface area (TPSA) is 18.5 Å². The summed E-state index contributed by atoms with van der Waals surface area (Å²) < 4.78 is 11.9. The number of para-hydroxylation sites is 2. The fourth-order valence-corrected chi connectivity index (χ4v) is 2.58. The minimum absolute atomic E-state index is 0.569. The van der Waals surface area contributed by atoms with Crippen LogP contribution in [0, 0.1) is 3.57 Å². The Hall–Kier alpha value is -1.49. The van der Waals surface area contributed by atoms with Gasteiger partial charge in [-0.2, -0.15) is 0 Å². The highest BCUT2D eigenvalue weighted by atomic mass is 127. The number of fused-ring (bicyclic) bond motifs is 1. The summed E-state index contributed by atoms with van der Waals surface area (Å²) in [4.78, 5) is 0. The number of hydrogen-bond acceptors (Lipinski definition) is 2. The Balaban J connectivity index is 0.000000154. The first kappa shape index (κ1) is 15.9. The average Bonchev–Trinajstić information content (AvgIpc) is 2.89. The molecule has 21 heavy (non-hydrogen) atoms. The number of benzene rings is 2. The lowest BCUT2D eigenvalue weighted by Crippen LogP contribution is -1.93. The minimum Gasteiger partial charge on any atom is -0.493 e. The third-order valence-electron chi connectivity index (χ3n) is 3.13. The van der Waals surface area contributed by atoms with Gasteiger partial charge in [-0.15, -0.1) is 0 Å². The van der Waals surface area contributed by atoms with Crippen molar-refractivity contribution in [2.75, 3.05) is 13.2 Å². The zero-order valence-corrected chi connectivity index (χ0v) is 14.2. The van der Waals surface area contributed by atoms with Crippen molar-refractivity contribution < 1.29 is 9.47 Å². The van der Waals surface area contributed by atoms with Crippen molar-refractivity contribution >= 4 is 22.6 Å². The van der Waals surface area contributed by atoms with E-state index in [0.29, 0.717) is 12.5 Å². The first-order chi connectivity index (χ1) is 10.2. The van der Waals surface area contributed by atoms with E-state index in [-0.39, 0.29) is 0 Å². The van der Waals surface area contributed by atoms with Crippen LogP contribution in [0.2, 0.25) is 0 Å². The Bertz CT molecular complexity index is 595. The summed E-state index contributed by atoms with van der Waals surface area (Å²) >= 11 is 2.24. The molecule has 0 saturated carbocycles. The number of ether oxygens (including phenoxy) is 2. The lowest BCUT2D eigenvalue weighted by Gasteiger charge is -2.03. The molecule has 0 fully saturated rings. The molecule has 2 aromatic carbocycles. The zero-order chi connectivity index (χ0) is 15.1. The second-order valence-corrected chi connectivity index (χ2v) is 5.94. The molecule has 2 aromatic rings. The molecule has 0 radical (unpaired) electrons. The van der Waals surface area contributed by atoms with Crippen LogP contribution < -0.4 is 9.47 Å². The monoisotopic (exact) mass is 394 g/mol. The van der Waals surface area contributed by atoms with Crippen molar-refractivity contribution in [3.05, 3.63) is 70.3 Å². The molecule has 2 nitrogen and oxygen atoms in total. The fourth-order valence-electron chi connectivity index (χ4n) is 2.03. The van der Waals surface area contributed by atoms with E-state index in [0.717, 1.165) is 21.7 Å². The Morgan fingerprint density at radius 1 is 1.24 bits per heavy atom. The minimum atomic E-state index is 0.569. The van der Waals surface area contributed by atoms with Gasteiger partial charge in [-0.05, 0) is 40.8 Å². The average molecular weight is 394 g/mol. The highest BCUT2D eigenvalue weighted by molar-refractivity contribution is 14.1. The predicted octanol–water partition coefficient (Wildman–Crippen LogP) is 5.04. The summed E-state index contributed by atoms with van der Waals surface area (Å²) in [6, 6.07) is 16.1. The molecule has 0 aromatic heterocycles. The van der Waals surface area contributed by atoms with Crippen LogP contribution in [-0.2, 0) is 0 Å². The van der Waals surface area contributed by atoms with Crippen LogP contribution in [-0.4, -0.2) is 13.2 Å². The van der Waals surface area contributed by atoms with Crippen molar-refractivity contribution in [1.82, 2.24) is 0 Å². The molecule has 0 bridgehead atoms. The zero-order valence-electron chi connectivity index (χ0n) is 12.1. The van der Waals surface area contributed by atoms with Crippen molar-refractivity contribution in [3.8, 4) is 11.5 Å². The van der Waals surface area contributed by atoms with Crippen LogP contribution in [0.1, 0.15) is 18.4 Å². The molecule has 1 aliphatic heterocycles. The molecule has 3 heteroatoms. The molecule has 1 unspecified atom stereocenters. The standard InChI is InChI=1S/C9H9IO.C9H10O/c1-2-7-11-9-6-4-3-5-8(9)10;1-7-6-10-9-5-3-2-4-8(7)9/h2-6H,1,7H2;2-5,7H,6H2,1H3. The van der Waals surface area contributed by atoms with Crippen molar-refractivity contribution in [2.24, 2.45) is 0 Å². The molecule has 0 amide bonds. The van der Waals surface area contributed by atoms with Crippen molar-refractivity contribution in [1.29, 1.82) is 0 Å². The number of rotatable bonds is 3. The maximum Gasteiger partial charge on any atom is 0.133 e. The first-order valence-electron chi connectivity index (χ1n) is 6.92. The second-order valence-electron chi connectivity index (χ2n) is 4.78. The second kappa shape index (κ2) is 8.08. The highest BCUT2D eigenvalue weighted by Gasteiger charge is 2.18.